The third-order valence-electron chi connectivity index (χ3n) is 3.79. The predicted octanol–water partition coefficient (Wildman–Crippen LogP) is 1.85. The predicted molar refractivity (Wildman–Crippen MR) is 90.6 cm³/mol. The molecule has 1 fully saturated rings. The second-order valence-corrected chi connectivity index (χ2v) is 8.70. The molecule has 0 atom stereocenters. The highest BCUT2D eigenvalue weighted by atomic mass is 32.2. The number of piperidine rings is 1. The van der Waals surface area contributed by atoms with Crippen molar-refractivity contribution in [2.45, 2.75) is 24.2 Å². The van der Waals surface area contributed by atoms with Crippen molar-refractivity contribution in [2.24, 2.45) is 12.1 Å². The molecule has 2 aromatic rings. The van der Waals surface area contributed by atoms with E-state index in [1.807, 2.05) is 7.05 Å². The van der Waals surface area contributed by atoms with E-state index in [-0.39, 0.29) is 0 Å². The third kappa shape index (κ3) is 3.81. The van der Waals surface area contributed by atoms with E-state index >= 15 is 0 Å². The Bertz CT molecular complexity index is 844. The van der Waals surface area contributed by atoms with Crippen LogP contribution >= 0.6 is 11.3 Å². The molecule has 0 spiro atoms. The summed E-state index contributed by atoms with van der Waals surface area (Å²) in [6.45, 7) is 1.99. The van der Waals surface area contributed by atoms with Crippen LogP contribution in [-0.4, -0.2) is 42.6 Å². The van der Waals surface area contributed by atoms with Crippen molar-refractivity contribution in [1.29, 1.82) is 0 Å². The van der Waals surface area contributed by atoms with Crippen LogP contribution in [0.1, 0.15) is 19.3 Å². The molecule has 124 valence electrons. The number of hydrogen-bond donors (Lipinski definition) is 0. The summed E-state index contributed by atoms with van der Waals surface area (Å²) >= 11 is 1.51. The largest absolute Gasteiger partial charge is 0.294 e. The highest BCUT2D eigenvalue weighted by molar-refractivity contribution is 7.90. The minimum atomic E-state index is -3.17. The summed E-state index contributed by atoms with van der Waals surface area (Å²) < 4.78 is 24.8. The summed E-state index contributed by atoms with van der Waals surface area (Å²) in [5.74, 6) is 0. The molecule has 1 aromatic heterocycles. The molecule has 0 saturated carbocycles. The van der Waals surface area contributed by atoms with Crippen molar-refractivity contribution in [3.63, 3.8) is 0 Å². The van der Waals surface area contributed by atoms with E-state index in [4.69, 9.17) is 0 Å². The van der Waals surface area contributed by atoms with E-state index in [9.17, 15) is 8.42 Å². The molecule has 8 heteroatoms. The van der Waals surface area contributed by atoms with Crippen molar-refractivity contribution in [3.8, 4) is 10.6 Å². The first kappa shape index (κ1) is 16.2. The van der Waals surface area contributed by atoms with Gasteiger partial charge < -0.3 is 0 Å². The highest BCUT2D eigenvalue weighted by Gasteiger charge is 2.11. The quantitative estimate of drug-likeness (QED) is 0.845. The molecule has 0 N–H and O–H groups in total. The minimum absolute atomic E-state index is 0.320. The van der Waals surface area contributed by atoms with Gasteiger partial charge in [-0.05, 0) is 31.4 Å². The fraction of sp³-hybridized carbons (Fsp3) is 0.467. The number of aryl methyl sites for hydroxylation is 1. The molecular weight excluding hydrogens is 332 g/mol. The maximum Gasteiger partial charge on any atom is 0.226 e. The average molecular weight is 352 g/mol. The van der Waals surface area contributed by atoms with Crippen LogP contribution < -0.4 is 4.80 Å². The Labute approximate surface area is 140 Å². The Morgan fingerprint density at radius 2 is 1.78 bits per heavy atom. The monoisotopic (exact) mass is 352 g/mol. The van der Waals surface area contributed by atoms with Crippen LogP contribution in [0.2, 0.25) is 0 Å². The van der Waals surface area contributed by atoms with Crippen LogP contribution in [-0.2, 0) is 16.9 Å². The van der Waals surface area contributed by atoms with Crippen molar-refractivity contribution in [1.82, 2.24) is 14.8 Å². The number of sulfone groups is 1. The van der Waals surface area contributed by atoms with Crippen LogP contribution in [0.15, 0.2) is 34.3 Å². The fourth-order valence-electron chi connectivity index (χ4n) is 2.50. The first-order valence-electron chi connectivity index (χ1n) is 7.58. The fourth-order valence-corrected chi connectivity index (χ4v) is 4.05. The molecular formula is C15H20N4O2S2. The lowest BCUT2D eigenvalue weighted by atomic mass is 10.2. The van der Waals surface area contributed by atoms with E-state index in [1.165, 1.54) is 36.9 Å². The van der Waals surface area contributed by atoms with E-state index in [2.05, 4.69) is 15.2 Å². The Morgan fingerprint density at radius 3 is 2.39 bits per heavy atom. The molecule has 1 aromatic carbocycles. The van der Waals surface area contributed by atoms with Gasteiger partial charge in [0.1, 0.15) is 5.01 Å². The summed E-state index contributed by atoms with van der Waals surface area (Å²) in [5, 5.41) is 12.1. The maximum atomic E-state index is 11.5. The second kappa shape index (κ2) is 6.45. The topological polar surface area (TPSA) is 67.6 Å². The third-order valence-corrected chi connectivity index (χ3v) is 5.96. The van der Waals surface area contributed by atoms with Gasteiger partial charge in [0.2, 0.25) is 4.80 Å². The number of rotatable bonds is 3. The lowest BCUT2D eigenvalue weighted by Crippen LogP contribution is -2.28. The lowest BCUT2D eigenvalue weighted by Gasteiger charge is -2.22. The van der Waals surface area contributed by atoms with Crippen molar-refractivity contribution in [2.75, 3.05) is 19.3 Å². The summed E-state index contributed by atoms with van der Waals surface area (Å²) in [6, 6.07) is 6.82. The standard InChI is InChI=1S/C15H20N4O2S2/c1-18-15(17-19-10-4-3-5-11-19)22-14(16-18)12-6-8-13(9-7-12)23(2,20)21/h6-9H,3-5,10-11H2,1-2H3/b17-15+. The Hall–Kier alpha value is -1.67. The molecule has 0 unspecified atom stereocenters. The molecule has 0 amide bonds. The number of benzene rings is 1. The van der Waals surface area contributed by atoms with Crippen LogP contribution in [0, 0.1) is 0 Å². The Morgan fingerprint density at radius 1 is 1.13 bits per heavy atom. The zero-order chi connectivity index (χ0) is 16.4. The first-order valence-corrected chi connectivity index (χ1v) is 10.3. The summed E-state index contributed by atoms with van der Waals surface area (Å²) in [7, 11) is -1.29. The SMILES string of the molecule is Cn1nc(-c2ccc(S(C)(=O)=O)cc2)s/c1=N/N1CCCCC1. The number of hydrogen-bond acceptors (Lipinski definition) is 6. The van der Waals surface area contributed by atoms with Gasteiger partial charge in [-0.1, -0.05) is 23.5 Å². The van der Waals surface area contributed by atoms with Crippen LogP contribution in [0.4, 0.5) is 0 Å². The lowest BCUT2D eigenvalue weighted by molar-refractivity contribution is 0.229. The second-order valence-electron chi connectivity index (χ2n) is 5.72. The van der Waals surface area contributed by atoms with Gasteiger partial charge in [0.05, 0.1) is 4.90 Å². The summed E-state index contributed by atoms with van der Waals surface area (Å²) in [4.78, 5) is 1.18. The van der Waals surface area contributed by atoms with Crippen LogP contribution in [0.25, 0.3) is 10.6 Å². The van der Waals surface area contributed by atoms with Gasteiger partial charge in [0.15, 0.2) is 9.84 Å². The van der Waals surface area contributed by atoms with Gasteiger partial charge in [-0.2, -0.15) is 5.10 Å². The molecule has 0 radical (unpaired) electrons. The van der Waals surface area contributed by atoms with Crippen LogP contribution in [0.3, 0.4) is 0 Å². The molecule has 1 aliphatic heterocycles. The van der Waals surface area contributed by atoms with Gasteiger partial charge in [-0.25, -0.2) is 13.1 Å². The van der Waals surface area contributed by atoms with Gasteiger partial charge >= 0.3 is 0 Å². The molecule has 2 heterocycles. The van der Waals surface area contributed by atoms with E-state index < -0.39 is 9.84 Å². The maximum absolute atomic E-state index is 11.5. The summed E-state index contributed by atoms with van der Waals surface area (Å²) in [6.07, 6.45) is 4.86. The molecule has 0 aliphatic carbocycles. The van der Waals surface area contributed by atoms with Crippen molar-refractivity contribution in [3.05, 3.63) is 29.1 Å². The smallest absolute Gasteiger partial charge is 0.226 e. The van der Waals surface area contributed by atoms with E-state index in [0.717, 1.165) is 28.5 Å². The first-order chi connectivity index (χ1) is 10.9. The average Bonchev–Trinajstić information content (AvgIpc) is 2.89. The minimum Gasteiger partial charge on any atom is -0.294 e. The Balaban J connectivity index is 1.89. The Kier molecular flexibility index (Phi) is 4.54. The van der Waals surface area contributed by atoms with E-state index in [0.29, 0.717) is 4.90 Å². The van der Waals surface area contributed by atoms with Crippen molar-refractivity contribution >= 4 is 21.2 Å². The van der Waals surface area contributed by atoms with E-state index in [1.54, 1.807) is 28.9 Å². The molecule has 1 saturated heterocycles. The molecule has 3 rings (SSSR count). The van der Waals surface area contributed by atoms with Gasteiger partial charge in [0, 0.05) is 32.0 Å². The highest BCUT2D eigenvalue weighted by Crippen LogP contribution is 2.21. The van der Waals surface area contributed by atoms with Crippen LogP contribution in [0.5, 0.6) is 0 Å². The molecule has 6 nitrogen and oxygen atoms in total. The normalized spacial score (nSPS) is 16.8. The molecule has 0 bridgehead atoms. The van der Waals surface area contributed by atoms with Gasteiger partial charge in [0.25, 0.3) is 0 Å². The zero-order valence-electron chi connectivity index (χ0n) is 13.3. The molecule has 23 heavy (non-hydrogen) atoms. The summed E-state index contributed by atoms with van der Waals surface area (Å²) in [5.41, 5.74) is 0.901. The number of nitrogens with zero attached hydrogens (tertiary/aromatic N) is 4. The zero-order valence-corrected chi connectivity index (χ0v) is 14.9. The molecule has 1 aliphatic rings. The van der Waals surface area contributed by atoms with Gasteiger partial charge in [-0.3, -0.25) is 5.01 Å². The van der Waals surface area contributed by atoms with Gasteiger partial charge in [-0.15, -0.1) is 5.10 Å². The number of aromatic nitrogens is 2. The van der Waals surface area contributed by atoms with Crippen molar-refractivity contribution < 1.29 is 8.42 Å².